The Bertz CT molecular complexity index is 828. The van der Waals surface area contributed by atoms with Crippen LogP contribution in [0.3, 0.4) is 0 Å². The Balaban J connectivity index is 1.71. The fraction of sp³-hybridized carbons (Fsp3) is 0.517. The molecule has 2 aliphatic carbocycles. The summed E-state index contributed by atoms with van der Waals surface area (Å²) in [6, 6.07) is 15.2. The Hall–Kier alpha value is -2.26. The normalized spacial score (nSPS) is 21.2. The van der Waals surface area contributed by atoms with Crippen molar-refractivity contribution in [2.45, 2.75) is 70.6 Å². The standard InChI is InChI=1S/C29H38O3/c30-19-5-1-2-8-28(25-10-9-24(20-25)21-6-3-4-7-21)29(22-11-15-26(31)16-12-22)23-13-17-27(32)18-14-23/h11-18,21,24-25,30-32H,1-10,19-20H2. The van der Waals surface area contributed by atoms with Crippen molar-refractivity contribution in [3.63, 3.8) is 0 Å². The molecule has 4 rings (SSSR count). The molecule has 3 nitrogen and oxygen atoms in total. The Morgan fingerprint density at radius 2 is 1.28 bits per heavy atom. The van der Waals surface area contributed by atoms with Crippen molar-refractivity contribution < 1.29 is 15.3 Å². The molecule has 0 amide bonds. The molecule has 3 heteroatoms. The number of aromatic hydroxyl groups is 2. The molecular formula is C29H38O3. The molecule has 0 bridgehead atoms. The smallest absolute Gasteiger partial charge is 0.115 e. The first-order valence-corrected chi connectivity index (χ1v) is 12.6. The third kappa shape index (κ3) is 5.56. The molecule has 2 aromatic rings. The lowest BCUT2D eigenvalue weighted by Gasteiger charge is -2.24. The van der Waals surface area contributed by atoms with E-state index in [0.29, 0.717) is 5.92 Å². The van der Waals surface area contributed by atoms with Crippen molar-refractivity contribution in [1.82, 2.24) is 0 Å². The number of aliphatic hydroxyl groups is 1. The third-order valence-electron chi connectivity index (χ3n) is 7.77. The van der Waals surface area contributed by atoms with Crippen LogP contribution in [0.2, 0.25) is 0 Å². The van der Waals surface area contributed by atoms with Crippen molar-refractivity contribution in [1.29, 1.82) is 0 Å². The first kappa shape index (κ1) is 22.9. The minimum absolute atomic E-state index is 0.259. The first-order valence-electron chi connectivity index (χ1n) is 12.6. The number of phenols is 2. The molecule has 2 fully saturated rings. The van der Waals surface area contributed by atoms with Crippen LogP contribution in [-0.2, 0) is 0 Å². The number of benzene rings is 2. The van der Waals surface area contributed by atoms with Crippen molar-refractivity contribution >= 4 is 5.57 Å². The van der Waals surface area contributed by atoms with Crippen molar-refractivity contribution in [2.24, 2.45) is 17.8 Å². The minimum Gasteiger partial charge on any atom is -0.508 e. The van der Waals surface area contributed by atoms with E-state index in [-0.39, 0.29) is 18.1 Å². The summed E-state index contributed by atoms with van der Waals surface area (Å²) in [5.41, 5.74) is 5.07. The van der Waals surface area contributed by atoms with Crippen molar-refractivity contribution in [3.8, 4) is 11.5 Å². The second-order valence-electron chi connectivity index (χ2n) is 9.84. The SMILES string of the molecule is OCCCCCC(=C(c1ccc(O)cc1)c1ccc(O)cc1)C1CCC(C2CCCC2)C1. The average molecular weight is 435 g/mol. The van der Waals surface area contributed by atoms with Crippen LogP contribution < -0.4 is 0 Å². The van der Waals surface area contributed by atoms with Crippen LogP contribution in [-0.4, -0.2) is 21.9 Å². The van der Waals surface area contributed by atoms with Gasteiger partial charge in [-0.05, 0) is 97.2 Å². The molecule has 0 heterocycles. The predicted molar refractivity (Wildman–Crippen MR) is 131 cm³/mol. The summed E-state index contributed by atoms with van der Waals surface area (Å²) in [5, 5.41) is 29.0. The lowest BCUT2D eigenvalue weighted by Crippen LogP contribution is -2.10. The Morgan fingerprint density at radius 1 is 0.688 bits per heavy atom. The maximum atomic E-state index is 9.88. The molecule has 0 aromatic heterocycles. The van der Waals surface area contributed by atoms with Gasteiger partial charge in [-0.1, -0.05) is 61.9 Å². The van der Waals surface area contributed by atoms with Gasteiger partial charge in [0.15, 0.2) is 0 Å². The molecule has 0 spiro atoms. The van der Waals surface area contributed by atoms with Crippen molar-refractivity contribution in [2.75, 3.05) is 6.61 Å². The molecule has 2 atom stereocenters. The zero-order chi connectivity index (χ0) is 22.3. The van der Waals surface area contributed by atoms with Gasteiger partial charge in [0.1, 0.15) is 11.5 Å². The highest BCUT2D eigenvalue weighted by Crippen LogP contribution is 2.48. The van der Waals surface area contributed by atoms with Crippen molar-refractivity contribution in [3.05, 3.63) is 65.2 Å². The van der Waals surface area contributed by atoms with Gasteiger partial charge >= 0.3 is 0 Å². The summed E-state index contributed by atoms with van der Waals surface area (Å²) in [5.74, 6) is 2.93. The van der Waals surface area contributed by atoms with E-state index in [1.54, 1.807) is 24.3 Å². The van der Waals surface area contributed by atoms with Gasteiger partial charge in [0.25, 0.3) is 0 Å². The molecule has 32 heavy (non-hydrogen) atoms. The summed E-state index contributed by atoms with van der Waals surface area (Å²) in [7, 11) is 0. The van der Waals surface area contributed by atoms with Gasteiger partial charge < -0.3 is 15.3 Å². The van der Waals surface area contributed by atoms with E-state index in [2.05, 4.69) is 0 Å². The van der Waals surface area contributed by atoms with Crippen LogP contribution >= 0.6 is 0 Å². The van der Waals surface area contributed by atoms with Gasteiger partial charge in [0.05, 0.1) is 0 Å². The fourth-order valence-electron chi connectivity index (χ4n) is 6.12. The van der Waals surface area contributed by atoms with E-state index in [0.717, 1.165) is 48.6 Å². The second kappa shape index (κ2) is 11.0. The first-order chi connectivity index (χ1) is 15.7. The van der Waals surface area contributed by atoms with Gasteiger partial charge in [-0.25, -0.2) is 0 Å². The van der Waals surface area contributed by atoms with Gasteiger partial charge in [0.2, 0.25) is 0 Å². The second-order valence-corrected chi connectivity index (χ2v) is 9.84. The minimum atomic E-state index is 0.259. The number of allylic oxidation sites excluding steroid dienone is 1. The number of unbranched alkanes of at least 4 members (excludes halogenated alkanes) is 2. The summed E-state index contributed by atoms with van der Waals surface area (Å²) < 4.78 is 0. The Labute approximate surface area is 192 Å². The van der Waals surface area contributed by atoms with Crippen LogP contribution in [0.1, 0.15) is 81.8 Å². The maximum Gasteiger partial charge on any atom is 0.115 e. The van der Waals surface area contributed by atoms with Crippen LogP contribution in [0, 0.1) is 17.8 Å². The quantitative estimate of drug-likeness (QED) is 0.370. The highest BCUT2D eigenvalue weighted by Gasteiger charge is 2.34. The molecule has 2 aromatic carbocycles. The van der Waals surface area contributed by atoms with E-state index < -0.39 is 0 Å². The molecule has 0 radical (unpaired) electrons. The molecular weight excluding hydrogens is 396 g/mol. The van der Waals surface area contributed by atoms with E-state index in [4.69, 9.17) is 0 Å². The molecule has 3 N–H and O–H groups in total. The fourth-order valence-corrected chi connectivity index (χ4v) is 6.12. The average Bonchev–Trinajstić information content (AvgIpc) is 3.50. The third-order valence-corrected chi connectivity index (χ3v) is 7.77. The number of rotatable bonds is 9. The highest BCUT2D eigenvalue weighted by molar-refractivity contribution is 5.83. The zero-order valence-corrected chi connectivity index (χ0v) is 19.2. The van der Waals surface area contributed by atoms with E-state index >= 15 is 0 Å². The molecule has 0 aliphatic heterocycles. The van der Waals surface area contributed by atoms with Crippen LogP contribution in [0.4, 0.5) is 0 Å². The van der Waals surface area contributed by atoms with E-state index in [9.17, 15) is 15.3 Å². The number of phenolic OH excluding ortho intramolecular Hbond substituents is 2. The van der Waals surface area contributed by atoms with Crippen LogP contribution in [0.5, 0.6) is 11.5 Å². The van der Waals surface area contributed by atoms with Crippen LogP contribution in [0.25, 0.3) is 5.57 Å². The molecule has 172 valence electrons. The predicted octanol–water partition coefficient (Wildman–Crippen LogP) is 7.06. The highest BCUT2D eigenvalue weighted by atomic mass is 16.3. The van der Waals surface area contributed by atoms with Crippen LogP contribution in [0.15, 0.2) is 54.1 Å². The Kier molecular flexibility index (Phi) is 7.91. The largest absolute Gasteiger partial charge is 0.508 e. The van der Waals surface area contributed by atoms with E-state index in [1.807, 2.05) is 24.3 Å². The lowest BCUT2D eigenvalue weighted by molar-refractivity contribution is 0.283. The lowest BCUT2D eigenvalue weighted by atomic mass is 9.81. The molecule has 2 unspecified atom stereocenters. The Morgan fingerprint density at radius 3 is 1.84 bits per heavy atom. The molecule has 2 saturated carbocycles. The number of hydrogen-bond acceptors (Lipinski definition) is 3. The molecule has 2 aliphatic rings. The summed E-state index contributed by atoms with van der Waals surface area (Å²) in [4.78, 5) is 0. The summed E-state index contributed by atoms with van der Waals surface area (Å²) in [6.07, 6.45) is 13.5. The number of hydrogen-bond donors (Lipinski definition) is 3. The van der Waals surface area contributed by atoms with Gasteiger partial charge in [0, 0.05) is 6.61 Å². The monoisotopic (exact) mass is 434 g/mol. The molecule has 0 saturated heterocycles. The van der Waals surface area contributed by atoms with Gasteiger partial charge in [-0.2, -0.15) is 0 Å². The van der Waals surface area contributed by atoms with Gasteiger partial charge in [-0.3, -0.25) is 0 Å². The zero-order valence-electron chi connectivity index (χ0n) is 19.2. The van der Waals surface area contributed by atoms with E-state index in [1.165, 1.54) is 56.1 Å². The summed E-state index contributed by atoms with van der Waals surface area (Å²) in [6.45, 7) is 0.259. The topological polar surface area (TPSA) is 60.7 Å². The van der Waals surface area contributed by atoms with Gasteiger partial charge in [-0.15, -0.1) is 0 Å². The number of aliphatic hydroxyl groups excluding tert-OH is 1. The summed E-state index contributed by atoms with van der Waals surface area (Å²) >= 11 is 0. The maximum absolute atomic E-state index is 9.88.